The minimum Gasteiger partial charge on any atom is -0.394 e. The number of halogens is 2. The Labute approximate surface area is 114 Å². The second-order valence-corrected chi connectivity index (χ2v) is 6.13. The van der Waals surface area contributed by atoms with Crippen LogP contribution in [0.1, 0.15) is 0 Å². The molecular weight excluding hydrogens is 296 g/mol. The molecule has 0 aliphatic heterocycles. The highest BCUT2D eigenvalue weighted by atomic mass is 32.2. The van der Waals surface area contributed by atoms with E-state index in [0.717, 1.165) is 12.1 Å². The number of aliphatic hydroxyl groups is 3. The summed E-state index contributed by atoms with van der Waals surface area (Å²) in [6, 6.07) is 4.34. The Morgan fingerprint density at radius 2 is 1.50 bits per heavy atom. The fraction of sp³-hybridized carbons (Fsp3) is 0.455. The summed E-state index contributed by atoms with van der Waals surface area (Å²) >= 11 is 0. The second kappa shape index (κ2) is 6.44. The van der Waals surface area contributed by atoms with Gasteiger partial charge in [-0.3, -0.25) is 0 Å². The fourth-order valence-corrected chi connectivity index (χ4v) is 2.13. The molecule has 1 aromatic rings. The van der Waals surface area contributed by atoms with Crippen LogP contribution in [0, 0.1) is 0 Å². The summed E-state index contributed by atoms with van der Waals surface area (Å²) in [6.07, 6.45) is 0. The van der Waals surface area contributed by atoms with Crippen LogP contribution in [0.4, 0.5) is 14.5 Å². The van der Waals surface area contributed by atoms with Crippen LogP contribution in [0.3, 0.4) is 0 Å². The van der Waals surface area contributed by atoms with E-state index in [-0.39, 0.29) is 5.69 Å². The van der Waals surface area contributed by atoms with Gasteiger partial charge in [-0.1, -0.05) is 0 Å². The van der Waals surface area contributed by atoms with E-state index in [1.54, 1.807) is 0 Å². The molecule has 0 bridgehead atoms. The van der Waals surface area contributed by atoms with Crippen LogP contribution in [0.5, 0.6) is 0 Å². The normalized spacial score (nSPS) is 12.7. The summed E-state index contributed by atoms with van der Waals surface area (Å²) in [7, 11) is -4.66. The van der Waals surface area contributed by atoms with E-state index in [4.69, 9.17) is 15.3 Å². The van der Waals surface area contributed by atoms with E-state index in [9.17, 15) is 17.2 Å². The monoisotopic (exact) mass is 311 g/mol. The van der Waals surface area contributed by atoms with Crippen molar-refractivity contribution in [3.8, 4) is 0 Å². The maximum absolute atomic E-state index is 12.3. The molecule has 0 atom stereocenters. The van der Waals surface area contributed by atoms with E-state index < -0.39 is 45.8 Å². The Kier molecular flexibility index (Phi) is 5.40. The lowest BCUT2D eigenvalue weighted by Crippen LogP contribution is -2.49. The van der Waals surface area contributed by atoms with E-state index >= 15 is 0 Å². The van der Waals surface area contributed by atoms with Gasteiger partial charge in [-0.05, 0) is 24.3 Å². The first-order chi connectivity index (χ1) is 9.31. The highest BCUT2D eigenvalue weighted by Gasteiger charge is 2.29. The van der Waals surface area contributed by atoms with Crippen molar-refractivity contribution in [1.29, 1.82) is 0 Å². The van der Waals surface area contributed by atoms with Crippen molar-refractivity contribution in [1.82, 2.24) is 0 Å². The number of benzene rings is 1. The summed E-state index contributed by atoms with van der Waals surface area (Å²) in [5.41, 5.74) is -1.13. The van der Waals surface area contributed by atoms with E-state index in [1.165, 1.54) is 12.1 Å². The molecule has 1 aromatic carbocycles. The lowest BCUT2D eigenvalue weighted by molar-refractivity contribution is 0.0833. The maximum atomic E-state index is 12.3. The molecule has 1 rings (SSSR count). The molecule has 0 aromatic heterocycles. The topological polar surface area (TPSA) is 107 Å². The Hall–Kier alpha value is -1.29. The average Bonchev–Trinajstić information content (AvgIpc) is 2.45. The number of sulfone groups is 1. The first-order valence-electron chi connectivity index (χ1n) is 5.54. The van der Waals surface area contributed by atoms with Crippen molar-refractivity contribution in [2.24, 2.45) is 0 Å². The fourth-order valence-electron chi connectivity index (χ4n) is 1.41. The van der Waals surface area contributed by atoms with Gasteiger partial charge in [0, 0.05) is 5.69 Å². The van der Waals surface area contributed by atoms with Crippen molar-refractivity contribution in [2.75, 3.05) is 25.1 Å². The largest absolute Gasteiger partial charge is 0.394 e. The van der Waals surface area contributed by atoms with Crippen LogP contribution in [-0.2, 0) is 9.84 Å². The van der Waals surface area contributed by atoms with Gasteiger partial charge in [0.1, 0.15) is 5.54 Å². The molecule has 4 N–H and O–H groups in total. The Morgan fingerprint density at radius 1 is 1.05 bits per heavy atom. The molecule has 0 saturated carbocycles. The van der Waals surface area contributed by atoms with Crippen LogP contribution >= 0.6 is 0 Å². The Bertz CT molecular complexity index is 520. The SMILES string of the molecule is O=S(=O)(c1ccc(NC(CO)(CO)CO)cc1)C(F)F. The van der Waals surface area contributed by atoms with Crippen LogP contribution in [0.15, 0.2) is 29.2 Å². The summed E-state index contributed by atoms with van der Waals surface area (Å²) in [5, 5.41) is 30.0. The van der Waals surface area contributed by atoms with Crippen molar-refractivity contribution in [3.05, 3.63) is 24.3 Å². The average molecular weight is 311 g/mol. The summed E-state index contributed by atoms with van der Waals surface area (Å²) < 4.78 is 47.1. The number of rotatable bonds is 7. The molecule has 0 spiro atoms. The molecule has 114 valence electrons. The van der Waals surface area contributed by atoms with E-state index in [2.05, 4.69) is 5.32 Å². The number of anilines is 1. The zero-order valence-corrected chi connectivity index (χ0v) is 11.1. The standard InChI is InChI=1S/C11H15F2NO5S/c12-10(13)20(18,19)9-3-1-8(2-4-9)14-11(5-15,6-16)7-17/h1-4,10,14-17H,5-7H2. The minimum absolute atomic E-state index is 0.260. The lowest BCUT2D eigenvalue weighted by Gasteiger charge is -2.29. The second-order valence-electron chi connectivity index (χ2n) is 4.21. The van der Waals surface area contributed by atoms with Crippen LogP contribution in [0.2, 0.25) is 0 Å². The molecule has 0 heterocycles. The third-order valence-electron chi connectivity index (χ3n) is 2.73. The van der Waals surface area contributed by atoms with Gasteiger partial charge in [-0.25, -0.2) is 8.42 Å². The highest BCUT2D eigenvalue weighted by Crippen LogP contribution is 2.22. The molecular formula is C11H15F2NO5S. The number of nitrogens with one attached hydrogen (secondary N) is 1. The van der Waals surface area contributed by atoms with Gasteiger partial charge >= 0.3 is 5.76 Å². The molecule has 20 heavy (non-hydrogen) atoms. The minimum atomic E-state index is -4.66. The predicted molar refractivity (Wildman–Crippen MR) is 67.2 cm³/mol. The maximum Gasteiger partial charge on any atom is 0.341 e. The van der Waals surface area contributed by atoms with Gasteiger partial charge in [0.2, 0.25) is 9.84 Å². The predicted octanol–water partition coefficient (Wildman–Crippen LogP) is -0.189. The molecule has 9 heteroatoms. The van der Waals surface area contributed by atoms with Gasteiger partial charge in [-0.15, -0.1) is 0 Å². The molecule has 0 aliphatic carbocycles. The zero-order valence-electron chi connectivity index (χ0n) is 10.3. The zero-order chi connectivity index (χ0) is 15.4. The van der Waals surface area contributed by atoms with Gasteiger partial charge in [0.15, 0.2) is 0 Å². The molecule has 0 fully saturated rings. The van der Waals surface area contributed by atoms with Crippen molar-refractivity contribution in [2.45, 2.75) is 16.2 Å². The summed E-state index contributed by atoms with van der Waals surface area (Å²) in [5.74, 6) is -3.51. The first-order valence-corrected chi connectivity index (χ1v) is 7.09. The molecule has 0 amide bonds. The number of hydrogen-bond acceptors (Lipinski definition) is 6. The van der Waals surface area contributed by atoms with Gasteiger partial charge in [0.05, 0.1) is 24.7 Å². The molecule has 0 aliphatic rings. The lowest BCUT2D eigenvalue weighted by atomic mass is 10.0. The highest BCUT2D eigenvalue weighted by molar-refractivity contribution is 7.91. The summed E-state index contributed by atoms with van der Waals surface area (Å²) in [4.78, 5) is -0.541. The van der Waals surface area contributed by atoms with Gasteiger partial charge < -0.3 is 20.6 Å². The first kappa shape index (κ1) is 16.8. The van der Waals surface area contributed by atoms with Crippen molar-refractivity contribution in [3.63, 3.8) is 0 Å². The van der Waals surface area contributed by atoms with Gasteiger partial charge in [0.25, 0.3) is 0 Å². The van der Waals surface area contributed by atoms with Gasteiger partial charge in [-0.2, -0.15) is 8.78 Å². The molecule has 6 nitrogen and oxygen atoms in total. The molecule has 0 unspecified atom stereocenters. The Morgan fingerprint density at radius 3 is 1.85 bits per heavy atom. The Balaban J connectivity index is 2.98. The quantitative estimate of drug-likeness (QED) is 0.556. The smallest absolute Gasteiger partial charge is 0.341 e. The third kappa shape index (κ3) is 3.42. The van der Waals surface area contributed by atoms with Crippen LogP contribution in [0.25, 0.3) is 0 Å². The summed E-state index contributed by atoms with van der Waals surface area (Å²) in [6.45, 7) is -1.72. The van der Waals surface area contributed by atoms with E-state index in [1.807, 2.05) is 0 Å². The number of aliphatic hydroxyl groups excluding tert-OH is 3. The van der Waals surface area contributed by atoms with E-state index in [0.29, 0.717) is 0 Å². The number of hydrogen-bond donors (Lipinski definition) is 4. The van der Waals surface area contributed by atoms with Crippen molar-refractivity contribution >= 4 is 15.5 Å². The third-order valence-corrected chi connectivity index (χ3v) is 4.13. The molecule has 0 radical (unpaired) electrons. The number of alkyl halides is 2. The van der Waals surface area contributed by atoms with Crippen LogP contribution < -0.4 is 5.32 Å². The van der Waals surface area contributed by atoms with Crippen molar-refractivity contribution < 1.29 is 32.5 Å². The molecule has 0 saturated heterocycles. The van der Waals surface area contributed by atoms with Crippen LogP contribution in [-0.4, -0.2) is 54.9 Å².